The second-order valence-electron chi connectivity index (χ2n) is 5.77. The number of hydrogen-bond acceptors (Lipinski definition) is 4. The van der Waals surface area contributed by atoms with E-state index in [2.05, 4.69) is 15.1 Å². The molecule has 0 aliphatic rings. The number of ether oxygens (including phenoxy) is 1. The van der Waals surface area contributed by atoms with Crippen LogP contribution < -0.4 is 10.2 Å². The lowest BCUT2D eigenvalue weighted by molar-refractivity contribution is 0.0959. The maximum atomic E-state index is 11.9. The van der Waals surface area contributed by atoms with E-state index in [1.165, 1.54) is 11.3 Å². The SMILES string of the molecule is CCOc1ccc(-n2c(C)cc(/C=N/NC(=O)c3cccs3)c2C)cc1. The molecule has 3 aromatic rings. The molecule has 6 heteroatoms. The molecular weight excluding hydrogens is 346 g/mol. The van der Waals surface area contributed by atoms with Crippen molar-refractivity contribution in [2.45, 2.75) is 20.8 Å². The summed E-state index contributed by atoms with van der Waals surface area (Å²) in [4.78, 5) is 12.6. The first-order chi connectivity index (χ1) is 12.6. The number of hydrazone groups is 1. The standard InChI is InChI=1S/C20H21N3O2S/c1-4-25-18-9-7-17(8-10-18)23-14(2)12-16(15(23)3)13-21-22-20(24)19-6-5-11-26-19/h5-13H,4H2,1-3H3,(H,22,24)/b21-13+. The molecular formula is C20H21N3O2S. The van der Waals surface area contributed by atoms with Crippen LogP contribution in [0.3, 0.4) is 0 Å². The number of rotatable bonds is 6. The van der Waals surface area contributed by atoms with Gasteiger partial charge in [-0.15, -0.1) is 11.3 Å². The maximum Gasteiger partial charge on any atom is 0.281 e. The summed E-state index contributed by atoms with van der Waals surface area (Å²) in [6, 6.07) is 13.7. The van der Waals surface area contributed by atoms with Gasteiger partial charge in [-0.2, -0.15) is 5.10 Å². The van der Waals surface area contributed by atoms with Crippen LogP contribution in [-0.4, -0.2) is 23.3 Å². The van der Waals surface area contributed by atoms with Crippen molar-refractivity contribution in [2.75, 3.05) is 6.61 Å². The van der Waals surface area contributed by atoms with Crippen molar-refractivity contribution in [3.63, 3.8) is 0 Å². The Morgan fingerprint density at radius 2 is 2.04 bits per heavy atom. The summed E-state index contributed by atoms with van der Waals surface area (Å²) in [6.07, 6.45) is 1.68. The van der Waals surface area contributed by atoms with Gasteiger partial charge in [0.15, 0.2) is 0 Å². The van der Waals surface area contributed by atoms with Gasteiger partial charge in [0.05, 0.1) is 17.7 Å². The third-order valence-electron chi connectivity index (χ3n) is 3.99. The summed E-state index contributed by atoms with van der Waals surface area (Å²) < 4.78 is 7.65. The average Bonchev–Trinajstić information content (AvgIpc) is 3.25. The van der Waals surface area contributed by atoms with E-state index in [0.29, 0.717) is 11.5 Å². The van der Waals surface area contributed by atoms with Crippen LogP contribution in [0.25, 0.3) is 5.69 Å². The average molecular weight is 367 g/mol. The lowest BCUT2D eigenvalue weighted by atomic mass is 10.2. The molecule has 0 radical (unpaired) electrons. The molecule has 5 nitrogen and oxygen atoms in total. The van der Waals surface area contributed by atoms with Crippen LogP contribution in [0.2, 0.25) is 0 Å². The third kappa shape index (κ3) is 3.86. The number of thiophene rings is 1. The Hall–Kier alpha value is -2.86. The minimum atomic E-state index is -0.198. The molecule has 0 atom stereocenters. The highest BCUT2D eigenvalue weighted by Gasteiger charge is 2.10. The van der Waals surface area contributed by atoms with Crippen LogP contribution in [0.5, 0.6) is 5.75 Å². The van der Waals surface area contributed by atoms with Gasteiger partial charge >= 0.3 is 0 Å². The monoisotopic (exact) mass is 367 g/mol. The molecule has 3 rings (SSSR count). The Labute approximate surface area is 156 Å². The van der Waals surface area contributed by atoms with Gasteiger partial charge < -0.3 is 9.30 Å². The fourth-order valence-electron chi connectivity index (χ4n) is 2.80. The zero-order valence-corrected chi connectivity index (χ0v) is 15.8. The Morgan fingerprint density at radius 3 is 2.69 bits per heavy atom. The molecule has 2 heterocycles. The summed E-state index contributed by atoms with van der Waals surface area (Å²) in [5.41, 5.74) is 6.74. The molecule has 2 aromatic heterocycles. The number of aryl methyl sites for hydroxylation is 1. The molecule has 0 aliphatic carbocycles. The van der Waals surface area contributed by atoms with Gasteiger partial charge in [0.1, 0.15) is 5.75 Å². The molecule has 134 valence electrons. The van der Waals surface area contributed by atoms with Gasteiger partial charge in [0.25, 0.3) is 5.91 Å². The van der Waals surface area contributed by atoms with E-state index in [-0.39, 0.29) is 5.91 Å². The lowest BCUT2D eigenvalue weighted by Gasteiger charge is -2.10. The topological polar surface area (TPSA) is 55.6 Å². The quantitative estimate of drug-likeness (QED) is 0.521. The van der Waals surface area contributed by atoms with E-state index in [4.69, 9.17) is 4.74 Å². The third-order valence-corrected chi connectivity index (χ3v) is 4.86. The summed E-state index contributed by atoms with van der Waals surface area (Å²) in [7, 11) is 0. The number of benzene rings is 1. The zero-order chi connectivity index (χ0) is 18.5. The molecule has 0 unspecified atom stereocenters. The Balaban J connectivity index is 1.77. The Kier molecular flexibility index (Phi) is 5.53. The van der Waals surface area contributed by atoms with Gasteiger partial charge in [-0.25, -0.2) is 5.43 Å². The van der Waals surface area contributed by atoms with Crippen LogP contribution in [-0.2, 0) is 0 Å². The van der Waals surface area contributed by atoms with Crippen molar-refractivity contribution in [2.24, 2.45) is 5.10 Å². The number of carbonyl (C=O) groups is 1. The van der Waals surface area contributed by atoms with Crippen LogP contribution in [0.4, 0.5) is 0 Å². The van der Waals surface area contributed by atoms with E-state index in [9.17, 15) is 4.79 Å². The van der Waals surface area contributed by atoms with Crippen LogP contribution in [0.1, 0.15) is 33.5 Å². The van der Waals surface area contributed by atoms with Crippen molar-refractivity contribution in [3.8, 4) is 11.4 Å². The van der Waals surface area contributed by atoms with Gasteiger partial charge in [-0.05, 0) is 62.5 Å². The van der Waals surface area contributed by atoms with Gasteiger partial charge in [-0.1, -0.05) is 6.07 Å². The van der Waals surface area contributed by atoms with Crippen LogP contribution in [0.15, 0.2) is 52.9 Å². The molecule has 1 aromatic carbocycles. The maximum absolute atomic E-state index is 11.9. The Morgan fingerprint density at radius 1 is 1.27 bits per heavy atom. The van der Waals surface area contributed by atoms with Crippen molar-refractivity contribution in [3.05, 3.63) is 69.7 Å². The summed E-state index contributed by atoms with van der Waals surface area (Å²) >= 11 is 1.39. The van der Waals surface area contributed by atoms with E-state index in [1.54, 1.807) is 12.3 Å². The second-order valence-corrected chi connectivity index (χ2v) is 6.71. The lowest BCUT2D eigenvalue weighted by Crippen LogP contribution is -2.16. The summed E-state index contributed by atoms with van der Waals surface area (Å²) in [5.74, 6) is 0.661. The minimum Gasteiger partial charge on any atom is -0.494 e. The first kappa shape index (κ1) is 17.9. The first-order valence-electron chi connectivity index (χ1n) is 8.39. The molecule has 1 N–H and O–H groups in total. The van der Waals surface area contributed by atoms with Crippen molar-refractivity contribution in [1.29, 1.82) is 0 Å². The predicted molar refractivity (Wildman–Crippen MR) is 106 cm³/mol. The molecule has 1 amide bonds. The molecule has 0 aliphatic heterocycles. The van der Waals surface area contributed by atoms with Crippen molar-refractivity contribution < 1.29 is 9.53 Å². The summed E-state index contributed by atoms with van der Waals surface area (Å²) in [5, 5.41) is 5.96. The van der Waals surface area contributed by atoms with Crippen LogP contribution >= 0.6 is 11.3 Å². The van der Waals surface area contributed by atoms with Crippen molar-refractivity contribution >= 4 is 23.5 Å². The van der Waals surface area contributed by atoms with Crippen LogP contribution in [0, 0.1) is 13.8 Å². The fraction of sp³-hybridized carbons (Fsp3) is 0.200. The highest BCUT2D eigenvalue weighted by molar-refractivity contribution is 7.12. The predicted octanol–water partition coefficient (Wildman–Crippen LogP) is 4.32. The fourth-order valence-corrected chi connectivity index (χ4v) is 3.41. The molecule has 0 saturated carbocycles. The number of carbonyl (C=O) groups excluding carboxylic acids is 1. The van der Waals surface area contributed by atoms with E-state index in [1.807, 2.05) is 62.5 Å². The zero-order valence-electron chi connectivity index (χ0n) is 15.0. The highest BCUT2D eigenvalue weighted by Crippen LogP contribution is 2.22. The van der Waals surface area contributed by atoms with Gasteiger partial charge in [0, 0.05) is 22.6 Å². The van der Waals surface area contributed by atoms with Crippen molar-refractivity contribution in [1.82, 2.24) is 9.99 Å². The van der Waals surface area contributed by atoms with E-state index >= 15 is 0 Å². The molecule has 0 saturated heterocycles. The number of hydrogen-bond donors (Lipinski definition) is 1. The smallest absolute Gasteiger partial charge is 0.281 e. The second kappa shape index (κ2) is 8.01. The molecule has 26 heavy (non-hydrogen) atoms. The minimum absolute atomic E-state index is 0.198. The number of amides is 1. The van der Waals surface area contributed by atoms with E-state index in [0.717, 1.165) is 28.4 Å². The first-order valence-corrected chi connectivity index (χ1v) is 9.27. The number of nitrogens with zero attached hydrogens (tertiary/aromatic N) is 2. The molecule has 0 spiro atoms. The molecule has 0 fully saturated rings. The van der Waals surface area contributed by atoms with Gasteiger partial charge in [0.2, 0.25) is 0 Å². The molecule has 0 bridgehead atoms. The number of aromatic nitrogens is 1. The Bertz CT molecular complexity index is 909. The van der Waals surface area contributed by atoms with E-state index < -0.39 is 0 Å². The number of nitrogens with one attached hydrogen (secondary N) is 1. The summed E-state index contributed by atoms with van der Waals surface area (Å²) in [6.45, 7) is 6.70. The normalized spacial score (nSPS) is 11.0. The largest absolute Gasteiger partial charge is 0.494 e. The van der Waals surface area contributed by atoms with Gasteiger partial charge in [-0.3, -0.25) is 4.79 Å². The highest BCUT2D eigenvalue weighted by atomic mass is 32.1.